The van der Waals surface area contributed by atoms with Crippen molar-refractivity contribution in [2.75, 3.05) is 13.7 Å². The Kier molecular flexibility index (Phi) is 6.39. The number of benzene rings is 2. The van der Waals surface area contributed by atoms with Crippen molar-refractivity contribution in [3.05, 3.63) is 69.7 Å². The smallest absolute Gasteiger partial charge is 0.224 e. The van der Waals surface area contributed by atoms with Crippen LogP contribution in [0.5, 0.6) is 0 Å². The summed E-state index contributed by atoms with van der Waals surface area (Å²) in [5.41, 5.74) is 2.56. The molecule has 0 saturated carbocycles. The molecule has 1 heterocycles. The number of rotatable bonds is 5. The second-order valence-corrected chi connectivity index (χ2v) is 8.54. The largest absolute Gasteiger partial charge is 0.393 e. The minimum absolute atomic E-state index is 0.327. The predicted octanol–water partition coefficient (Wildman–Crippen LogP) is 3.18. The molecule has 2 aromatic carbocycles. The zero-order valence-corrected chi connectivity index (χ0v) is 18.0. The Labute approximate surface area is 176 Å². The van der Waals surface area contributed by atoms with Crippen LogP contribution in [0.3, 0.4) is 0 Å². The van der Waals surface area contributed by atoms with E-state index < -0.39 is 29.5 Å². The zero-order chi connectivity index (χ0) is 21.4. The van der Waals surface area contributed by atoms with Crippen LogP contribution < -0.4 is 0 Å². The molecule has 158 valence electrons. The number of aliphatic hydroxyl groups excluding tert-OH is 3. The van der Waals surface area contributed by atoms with Crippen LogP contribution in [-0.2, 0) is 21.7 Å². The molecule has 29 heavy (non-hydrogen) atoms. The Morgan fingerprint density at radius 1 is 1.14 bits per heavy atom. The van der Waals surface area contributed by atoms with Gasteiger partial charge in [-0.3, -0.25) is 0 Å². The van der Waals surface area contributed by atoms with Crippen molar-refractivity contribution in [2.45, 2.75) is 50.8 Å². The van der Waals surface area contributed by atoms with Crippen molar-refractivity contribution in [3.63, 3.8) is 0 Å². The normalized spacial score (nSPS) is 32.3. The third-order valence-corrected chi connectivity index (χ3v) is 6.52. The fourth-order valence-corrected chi connectivity index (χ4v) is 4.08. The Balaban J connectivity index is 2.04. The van der Waals surface area contributed by atoms with Crippen LogP contribution >= 0.6 is 11.6 Å². The van der Waals surface area contributed by atoms with Crippen LogP contribution in [0.1, 0.15) is 36.1 Å². The van der Waals surface area contributed by atoms with Crippen molar-refractivity contribution in [1.29, 1.82) is 0 Å². The molecule has 0 bridgehead atoms. The first-order valence-electron chi connectivity index (χ1n) is 9.73. The topological polar surface area (TPSA) is 79.2 Å². The quantitative estimate of drug-likeness (QED) is 0.692. The van der Waals surface area contributed by atoms with Gasteiger partial charge in [0.05, 0.1) is 18.3 Å². The number of aryl methyl sites for hydroxylation is 1. The van der Waals surface area contributed by atoms with E-state index in [0.29, 0.717) is 17.0 Å². The van der Waals surface area contributed by atoms with Gasteiger partial charge in [-0.25, -0.2) is 0 Å². The van der Waals surface area contributed by atoms with E-state index in [1.165, 1.54) is 12.7 Å². The first-order chi connectivity index (χ1) is 13.7. The van der Waals surface area contributed by atoms with E-state index in [9.17, 15) is 15.3 Å². The highest BCUT2D eigenvalue weighted by Crippen LogP contribution is 2.46. The van der Waals surface area contributed by atoms with Crippen molar-refractivity contribution < 1.29 is 24.8 Å². The van der Waals surface area contributed by atoms with Crippen LogP contribution in [0.4, 0.5) is 0 Å². The van der Waals surface area contributed by atoms with Crippen LogP contribution in [0.15, 0.2) is 42.5 Å². The third kappa shape index (κ3) is 3.96. The third-order valence-electron chi connectivity index (χ3n) is 6.15. The lowest BCUT2D eigenvalue weighted by Gasteiger charge is -2.53. The van der Waals surface area contributed by atoms with Gasteiger partial charge in [0.15, 0.2) is 0 Å². The van der Waals surface area contributed by atoms with Gasteiger partial charge in [-0.15, -0.1) is 0 Å². The highest BCUT2D eigenvalue weighted by atomic mass is 35.5. The molecule has 1 aliphatic rings. The zero-order valence-electron chi connectivity index (χ0n) is 17.2. The van der Waals surface area contributed by atoms with Gasteiger partial charge in [0, 0.05) is 23.6 Å². The Bertz CT molecular complexity index is 855. The fraction of sp³-hybridized carbons (Fsp3) is 0.478. The first kappa shape index (κ1) is 22.2. The van der Waals surface area contributed by atoms with Gasteiger partial charge in [0.2, 0.25) is 5.79 Å². The molecular formula is C23H29ClO5. The highest BCUT2D eigenvalue weighted by molar-refractivity contribution is 6.31. The lowest BCUT2D eigenvalue weighted by atomic mass is 9.76. The maximum atomic E-state index is 10.9. The minimum atomic E-state index is -1.63. The lowest BCUT2D eigenvalue weighted by molar-refractivity contribution is -0.385. The SMILES string of the molecule is COC1(c2ccc(Cl)c(Cc3ccc(C)cc3)c2)OC(C)(CO)C(C)C(O)C1O. The number of halogens is 1. The Morgan fingerprint density at radius 2 is 1.79 bits per heavy atom. The number of hydrogen-bond donors (Lipinski definition) is 3. The molecule has 1 saturated heterocycles. The van der Waals surface area contributed by atoms with Crippen molar-refractivity contribution >= 4 is 11.6 Å². The molecule has 1 fully saturated rings. The van der Waals surface area contributed by atoms with Crippen molar-refractivity contribution in [1.82, 2.24) is 0 Å². The van der Waals surface area contributed by atoms with E-state index >= 15 is 0 Å². The van der Waals surface area contributed by atoms with Gasteiger partial charge in [-0.1, -0.05) is 54.4 Å². The summed E-state index contributed by atoms with van der Waals surface area (Å²) in [6.07, 6.45) is -1.88. The molecule has 5 atom stereocenters. The molecule has 0 radical (unpaired) electrons. The first-order valence-corrected chi connectivity index (χ1v) is 10.1. The summed E-state index contributed by atoms with van der Waals surface area (Å²) in [5, 5.41) is 32.1. The highest BCUT2D eigenvalue weighted by Gasteiger charge is 2.58. The average molecular weight is 421 g/mol. The molecule has 0 aromatic heterocycles. The summed E-state index contributed by atoms with van der Waals surface area (Å²) >= 11 is 6.44. The van der Waals surface area contributed by atoms with E-state index in [-0.39, 0.29) is 6.61 Å². The molecule has 2 aromatic rings. The van der Waals surface area contributed by atoms with Crippen LogP contribution in [-0.4, -0.2) is 46.8 Å². The summed E-state index contributed by atoms with van der Waals surface area (Å²) in [4.78, 5) is 0. The van der Waals surface area contributed by atoms with Gasteiger partial charge in [0.25, 0.3) is 0 Å². The average Bonchev–Trinajstić information content (AvgIpc) is 2.72. The van der Waals surface area contributed by atoms with E-state index in [2.05, 4.69) is 0 Å². The summed E-state index contributed by atoms with van der Waals surface area (Å²) in [6, 6.07) is 13.5. The summed E-state index contributed by atoms with van der Waals surface area (Å²) in [6.45, 7) is 5.14. The molecule has 6 heteroatoms. The predicted molar refractivity (Wildman–Crippen MR) is 112 cm³/mol. The molecular weight excluding hydrogens is 392 g/mol. The van der Waals surface area contributed by atoms with Crippen LogP contribution in [0.25, 0.3) is 0 Å². The monoisotopic (exact) mass is 420 g/mol. The van der Waals surface area contributed by atoms with Crippen molar-refractivity contribution in [2.24, 2.45) is 5.92 Å². The second-order valence-electron chi connectivity index (χ2n) is 8.14. The van der Waals surface area contributed by atoms with Gasteiger partial charge < -0.3 is 24.8 Å². The fourth-order valence-electron chi connectivity index (χ4n) is 3.90. The van der Waals surface area contributed by atoms with Crippen LogP contribution in [0, 0.1) is 12.8 Å². The molecule has 3 N–H and O–H groups in total. The molecule has 1 aliphatic heterocycles. The Hall–Kier alpha value is -1.47. The molecule has 5 nitrogen and oxygen atoms in total. The standard InChI is InChI=1S/C23H29ClO5/c1-14-5-7-16(8-6-14)11-17-12-18(9-10-19(17)24)23(28-4)21(27)20(26)15(2)22(3,13-25)29-23/h5-10,12,15,20-21,25-27H,11,13H2,1-4H3. The molecule has 0 amide bonds. The maximum Gasteiger partial charge on any atom is 0.224 e. The van der Waals surface area contributed by atoms with Crippen LogP contribution in [0.2, 0.25) is 5.02 Å². The maximum absolute atomic E-state index is 10.9. The van der Waals surface area contributed by atoms with Crippen molar-refractivity contribution in [3.8, 4) is 0 Å². The number of aliphatic hydroxyl groups is 3. The van der Waals surface area contributed by atoms with Gasteiger partial charge in [-0.2, -0.15) is 0 Å². The second kappa shape index (κ2) is 8.34. The summed E-state index contributed by atoms with van der Waals surface area (Å²) < 4.78 is 11.8. The van der Waals surface area contributed by atoms with Gasteiger partial charge >= 0.3 is 0 Å². The summed E-state index contributed by atoms with van der Waals surface area (Å²) in [7, 11) is 1.41. The molecule has 0 aliphatic carbocycles. The number of hydrogen-bond acceptors (Lipinski definition) is 5. The molecule has 0 spiro atoms. The minimum Gasteiger partial charge on any atom is -0.393 e. The van der Waals surface area contributed by atoms with Gasteiger partial charge in [-0.05, 0) is 43.5 Å². The molecule has 3 rings (SSSR count). The number of ether oxygens (including phenoxy) is 2. The van der Waals surface area contributed by atoms with E-state index in [4.69, 9.17) is 21.1 Å². The Morgan fingerprint density at radius 3 is 2.38 bits per heavy atom. The lowest BCUT2D eigenvalue weighted by Crippen LogP contribution is -2.65. The summed E-state index contributed by atoms with van der Waals surface area (Å²) in [5.74, 6) is -2.12. The van der Waals surface area contributed by atoms with Gasteiger partial charge in [0.1, 0.15) is 6.10 Å². The number of methoxy groups -OCH3 is 1. The van der Waals surface area contributed by atoms with E-state index in [0.717, 1.165) is 11.1 Å². The van der Waals surface area contributed by atoms with E-state index in [1.54, 1.807) is 26.0 Å². The van der Waals surface area contributed by atoms with E-state index in [1.807, 2.05) is 37.3 Å². The molecule has 5 unspecified atom stereocenters.